The van der Waals surface area contributed by atoms with Gasteiger partial charge < -0.3 is 16.0 Å². The van der Waals surface area contributed by atoms with Crippen LogP contribution in [-0.4, -0.2) is 32.6 Å². The van der Waals surface area contributed by atoms with Crippen molar-refractivity contribution in [3.05, 3.63) is 82.4 Å². The lowest BCUT2D eigenvalue weighted by atomic mass is 10.1. The van der Waals surface area contributed by atoms with E-state index in [1.54, 1.807) is 30.3 Å². The van der Waals surface area contributed by atoms with E-state index in [2.05, 4.69) is 31.3 Å². The first-order valence-electron chi connectivity index (χ1n) is 10.6. The van der Waals surface area contributed by atoms with E-state index in [0.29, 0.717) is 17.7 Å². The van der Waals surface area contributed by atoms with Crippen LogP contribution >= 0.6 is 11.6 Å². The molecule has 1 aromatic heterocycles. The predicted molar refractivity (Wildman–Crippen MR) is 128 cm³/mol. The highest BCUT2D eigenvalue weighted by Crippen LogP contribution is 2.38. The lowest BCUT2D eigenvalue weighted by Gasteiger charge is -2.17. The number of hydrogen-bond acceptors (Lipinski definition) is 5. The highest BCUT2D eigenvalue weighted by atomic mass is 35.5. The Labute approximate surface area is 219 Å². The normalized spacial score (nSPS) is 11.7. The molecule has 0 saturated heterocycles. The number of rotatable bonds is 5. The summed E-state index contributed by atoms with van der Waals surface area (Å²) in [6.07, 6.45) is -10.2. The first kappa shape index (κ1) is 27.4. The van der Waals surface area contributed by atoms with Crippen LogP contribution in [0.15, 0.2) is 60.7 Å². The maximum atomic E-state index is 13.2. The van der Waals surface area contributed by atoms with Gasteiger partial charge in [0.1, 0.15) is 0 Å². The minimum absolute atomic E-state index is 0.0229. The average Bonchev–Trinajstić information content (AvgIpc) is 3.39. The first-order chi connectivity index (χ1) is 18.3. The summed E-state index contributed by atoms with van der Waals surface area (Å²) in [6, 6.07) is 10.1. The Balaban J connectivity index is 1.64. The third-order valence-corrected chi connectivity index (χ3v) is 5.35. The number of H-pyrrole nitrogens is 1. The van der Waals surface area contributed by atoms with Gasteiger partial charge in [-0.15, -0.1) is 10.2 Å². The number of hydrogen-bond donors (Lipinski definition) is 4. The molecule has 0 bridgehead atoms. The van der Waals surface area contributed by atoms with Crippen molar-refractivity contribution in [3.8, 4) is 11.4 Å². The number of aromatic amines is 1. The molecule has 4 rings (SSSR count). The van der Waals surface area contributed by atoms with Gasteiger partial charge in [0.25, 0.3) is 5.91 Å². The smallest absolute Gasteiger partial charge is 0.322 e. The Kier molecular flexibility index (Phi) is 7.44. The summed E-state index contributed by atoms with van der Waals surface area (Å²) in [7, 11) is 0. The maximum Gasteiger partial charge on any atom is 0.416 e. The second-order valence-electron chi connectivity index (χ2n) is 7.81. The van der Waals surface area contributed by atoms with Crippen molar-refractivity contribution in [1.82, 2.24) is 20.6 Å². The molecule has 1 heterocycles. The van der Waals surface area contributed by atoms with Crippen LogP contribution in [0, 0.1) is 0 Å². The van der Waals surface area contributed by atoms with Gasteiger partial charge in [-0.25, -0.2) is 4.79 Å². The fourth-order valence-corrected chi connectivity index (χ4v) is 3.62. The van der Waals surface area contributed by atoms with Crippen molar-refractivity contribution in [2.45, 2.75) is 12.4 Å². The molecule has 0 radical (unpaired) electrons. The van der Waals surface area contributed by atoms with Gasteiger partial charge in [0.2, 0.25) is 5.82 Å². The number of aromatic nitrogens is 4. The summed E-state index contributed by atoms with van der Waals surface area (Å²) in [4.78, 5) is 25.2. The molecule has 0 saturated carbocycles. The van der Waals surface area contributed by atoms with Gasteiger partial charge in [0, 0.05) is 16.9 Å². The third-order valence-electron chi connectivity index (χ3n) is 5.05. The minimum atomic E-state index is -5.11. The number of benzene rings is 3. The molecule has 202 valence electrons. The van der Waals surface area contributed by atoms with E-state index in [0.717, 1.165) is 0 Å². The summed E-state index contributed by atoms with van der Waals surface area (Å²) in [5, 5.41) is 19.8. The third kappa shape index (κ3) is 6.62. The molecule has 0 aliphatic heterocycles. The fourth-order valence-electron chi connectivity index (χ4n) is 3.35. The van der Waals surface area contributed by atoms with Gasteiger partial charge in [0.05, 0.1) is 27.4 Å². The zero-order chi connectivity index (χ0) is 28.4. The molecule has 9 nitrogen and oxygen atoms in total. The zero-order valence-electron chi connectivity index (χ0n) is 19.1. The number of carbonyl (C=O) groups is 2. The lowest BCUT2D eigenvalue weighted by molar-refractivity contribution is -0.143. The number of nitrogens with zero attached hydrogens (tertiary/aromatic N) is 3. The molecular formula is C23H14ClF6N7O2. The van der Waals surface area contributed by atoms with Crippen LogP contribution in [0.5, 0.6) is 0 Å². The van der Waals surface area contributed by atoms with Crippen molar-refractivity contribution in [1.29, 1.82) is 0 Å². The molecule has 16 heteroatoms. The summed E-state index contributed by atoms with van der Waals surface area (Å²) < 4.78 is 78.9. The van der Waals surface area contributed by atoms with Gasteiger partial charge in [-0.2, -0.15) is 31.6 Å². The molecule has 4 aromatic rings. The monoisotopic (exact) mass is 569 g/mol. The Bertz CT molecular complexity index is 1480. The van der Waals surface area contributed by atoms with E-state index in [-0.39, 0.29) is 33.9 Å². The number of tetrazole rings is 1. The number of urea groups is 1. The van der Waals surface area contributed by atoms with Crippen LogP contribution in [0.25, 0.3) is 11.4 Å². The number of halogens is 7. The molecule has 0 aliphatic rings. The SMILES string of the molecule is O=C(Nc1cc(C(F)(F)F)cc(C(F)(F)F)c1)Nc1c(Cl)cc(NC(=O)c2ccccc2)cc1-c1nn[nH]n1. The van der Waals surface area contributed by atoms with Crippen LogP contribution < -0.4 is 16.0 Å². The van der Waals surface area contributed by atoms with E-state index >= 15 is 0 Å². The van der Waals surface area contributed by atoms with Crippen molar-refractivity contribution in [3.63, 3.8) is 0 Å². The van der Waals surface area contributed by atoms with Gasteiger partial charge in [-0.3, -0.25) is 4.79 Å². The Morgan fingerprint density at radius 3 is 1.97 bits per heavy atom. The van der Waals surface area contributed by atoms with E-state index < -0.39 is 41.1 Å². The van der Waals surface area contributed by atoms with Gasteiger partial charge in [-0.1, -0.05) is 29.8 Å². The summed E-state index contributed by atoms with van der Waals surface area (Å²) in [6.45, 7) is 0. The minimum Gasteiger partial charge on any atom is -0.322 e. The van der Waals surface area contributed by atoms with Gasteiger partial charge >= 0.3 is 18.4 Å². The number of anilines is 3. The summed E-state index contributed by atoms with van der Waals surface area (Å²) >= 11 is 6.32. The quantitative estimate of drug-likeness (QED) is 0.206. The van der Waals surface area contributed by atoms with Crippen LogP contribution in [0.2, 0.25) is 5.02 Å². The average molecular weight is 570 g/mol. The first-order valence-corrected chi connectivity index (χ1v) is 11.0. The second kappa shape index (κ2) is 10.6. The lowest BCUT2D eigenvalue weighted by Crippen LogP contribution is -2.21. The van der Waals surface area contributed by atoms with E-state index in [4.69, 9.17) is 11.6 Å². The highest BCUT2D eigenvalue weighted by molar-refractivity contribution is 6.35. The van der Waals surface area contributed by atoms with Crippen molar-refractivity contribution in [2.75, 3.05) is 16.0 Å². The number of amides is 3. The van der Waals surface area contributed by atoms with Crippen LogP contribution in [0.3, 0.4) is 0 Å². The largest absolute Gasteiger partial charge is 0.416 e. The predicted octanol–water partition coefficient (Wildman–Crippen LogP) is 6.45. The van der Waals surface area contributed by atoms with Crippen molar-refractivity contribution in [2.24, 2.45) is 0 Å². The van der Waals surface area contributed by atoms with Crippen molar-refractivity contribution >= 4 is 40.6 Å². The molecule has 0 aliphatic carbocycles. The van der Waals surface area contributed by atoms with E-state index in [1.165, 1.54) is 12.1 Å². The van der Waals surface area contributed by atoms with Gasteiger partial charge in [0.15, 0.2) is 0 Å². The van der Waals surface area contributed by atoms with Crippen molar-refractivity contribution < 1.29 is 35.9 Å². The summed E-state index contributed by atoms with van der Waals surface area (Å²) in [5.74, 6) is -0.587. The molecule has 0 spiro atoms. The maximum absolute atomic E-state index is 13.2. The fraction of sp³-hybridized carbons (Fsp3) is 0.0870. The van der Waals surface area contributed by atoms with Crippen LogP contribution in [0.1, 0.15) is 21.5 Å². The summed E-state index contributed by atoms with van der Waals surface area (Å²) in [5.41, 5.74) is -3.67. The molecule has 4 N–H and O–H groups in total. The Morgan fingerprint density at radius 2 is 1.41 bits per heavy atom. The van der Waals surface area contributed by atoms with Crippen LogP contribution in [0.4, 0.5) is 48.2 Å². The number of nitrogens with one attached hydrogen (secondary N) is 4. The molecule has 0 fully saturated rings. The van der Waals surface area contributed by atoms with Gasteiger partial charge in [-0.05, 0) is 47.7 Å². The van der Waals surface area contributed by atoms with Crippen LogP contribution in [-0.2, 0) is 12.4 Å². The highest BCUT2D eigenvalue weighted by Gasteiger charge is 2.37. The second-order valence-corrected chi connectivity index (χ2v) is 8.22. The Morgan fingerprint density at radius 1 is 0.795 bits per heavy atom. The molecule has 0 unspecified atom stereocenters. The van der Waals surface area contributed by atoms with E-state index in [1.807, 2.05) is 5.32 Å². The Hall–Kier alpha value is -4.66. The molecular weight excluding hydrogens is 556 g/mol. The number of carbonyl (C=O) groups excluding carboxylic acids is 2. The molecule has 3 aromatic carbocycles. The standard InChI is InChI=1S/C23H14ClF6N7O2/c24-17-10-15(31-20(38)11-4-2-1-3-5-11)9-16(19-34-36-37-35-19)18(17)33-21(39)32-14-7-12(22(25,26)27)6-13(8-14)23(28,29)30/h1-10H,(H,31,38)(H2,32,33,39)(H,34,35,36,37). The topological polar surface area (TPSA) is 125 Å². The van der Waals surface area contributed by atoms with E-state index in [9.17, 15) is 35.9 Å². The molecule has 39 heavy (non-hydrogen) atoms. The number of alkyl halides is 6. The zero-order valence-corrected chi connectivity index (χ0v) is 19.8. The molecule has 0 atom stereocenters. The molecule has 3 amide bonds.